The van der Waals surface area contributed by atoms with E-state index in [-0.39, 0.29) is 5.97 Å². The summed E-state index contributed by atoms with van der Waals surface area (Å²) in [5.74, 6) is -0.389. The lowest BCUT2D eigenvalue weighted by molar-refractivity contribution is -0.134. The zero-order valence-electron chi connectivity index (χ0n) is 10.0. The Kier molecular flexibility index (Phi) is 6.04. The van der Waals surface area contributed by atoms with E-state index in [0.29, 0.717) is 12.8 Å². The lowest BCUT2D eigenvalue weighted by atomic mass is 10.1. The number of benzene rings is 1. The van der Waals surface area contributed by atoms with E-state index in [1.165, 1.54) is 18.7 Å². The predicted molar refractivity (Wildman–Crippen MR) is 66.5 cm³/mol. The number of hydrogen-bond donors (Lipinski definition) is 1. The maximum atomic E-state index is 10.8. The molecule has 17 heavy (non-hydrogen) atoms. The molecule has 92 valence electrons. The average molecular weight is 234 g/mol. The number of esters is 1. The first-order chi connectivity index (χ1) is 8.22. The van der Waals surface area contributed by atoms with Gasteiger partial charge in [0, 0.05) is 6.08 Å². The molecule has 1 atom stereocenters. The molecule has 0 amide bonds. The fourth-order valence-corrected chi connectivity index (χ4v) is 1.49. The molecule has 0 radical (unpaired) electrons. The van der Waals surface area contributed by atoms with Gasteiger partial charge in [-0.25, -0.2) is 4.79 Å². The molecule has 1 aromatic carbocycles. The Morgan fingerprint density at radius 3 is 2.76 bits per heavy atom. The van der Waals surface area contributed by atoms with E-state index in [4.69, 9.17) is 0 Å². The topological polar surface area (TPSA) is 46.5 Å². The third kappa shape index (κ3) is 5.88. The van der Waals surface area contributed by atoms with E-state index in [2.05, 4.69) is 4.74 Å². The van der Waals surface area contributed by atoms with Gasteiger partial charge in [0.25, 0.3) is 0 Å². The summed E-state index contributed by atoms with van der Waals surface area (Å²) in [7, 11) is 1.33. The summed E-state index contributed by atoms with van der Waals surface area (Å²) >= 11 is 0. The van der Waals surface area contributed by atoms with Gasteiger partial charge in [-0.3, -0.25) is 0 Å². The molecule has 3 heteroatoms. The van der Waals surface area contributed by atoms with E-state index in [1.54, 1.807) is 6.08 Å². The van der Waals surface area contributed by atoms with Gasteiger partial charge in [0.05, 0.1) is 13.2 Å². The van der Waals surface area contributed by atoms with E-state index in [0.717, 1.165) is 6.42 Å². The van der Waals surface area contributed by atoms with E-state index in [9.17, 15) is 9.90 Å². The second kappa shape index (κ2) is 7.63. The number of aryl methyl sites for hydroxylation is 1. The fraction of sp³-hybridized carbons (Fsp3) is 0.357. The summed E-state index contributed by atoms with van der Waals surface area (Å²) in [4.78, 5) is 10.8. The van der Waals surface area contributed by atoms with E-state index >= 15 is 0 Å². The van der Waals surface area contributed by atoms with Crippen molar-refractivity contribution in [3.63, 3.8) is 0 Å². The summed E-state index contributed by atoms with van der Waals surface area (Å²) in [5.41, 5.74) is 1.21. The van der Waals surface area contributed by atoms with Crippen LogP contribution < -0.4 is 0 Å². The number of ether oxygens (including phenoxy) is 1. The van der Waals surface area contributed by atoms with Crippen LogP contribution in [-0.4, -0.2) is 24.3 Å². The second-order valence-corrected chi connectivity index (χ2v) is 3.84. The largest absolute Gasteiger partial charge is 0.466 e. The van der Waals surface area contributed by atoms with Crippen molar-refractivity contribution in [1.82, 2.24) is 0 Å². The van der Waals surface area contributed by atoms with Gasteiger partial charge in [-0.1, -0.05) is 36.4 Å². The highest BCUT2D eigenvalue weighted by atomic mass is 16.5. The Hall–Kier alpha value is -1.61. The Bertz CT molecular complexity index is 357. The van der Waals surface area contributed by atoms with Gasteiger partial charge in [0.1, 0.15) is 0 Å². The second-order valence-electron chi connectivity index (χ2n) is 3.84. The van der Waals surface area contributed by atoms with Gasteiger partial charge in [0.2, 0.25) is 0 Å². The van der Waals surface area contributed by atoms with Crippen LogP contribution in [0.25, 0.3) is 0 Å². The minimum atomic E-state index is -0.420. The standard InChI is InChI=1S/C14H18O3/c1-17-14(16)9-5-8-13(15)11-10-12-6-3-2-4-7-12/h2-7,9,13,15H,8,10-11H2,1H3/b9-5+/t13-/m0/s1. The smallest absolute Gasteiger partial charge is 0.330 e. The van der Waals surface area contributed by atoms with Gasteiger partial charge in [-0.2, -0.15) is 0 Å². The molecule has 0 saturated heterocycles. The Morgan fingerprint density at radius 1 is 1.41 bits per heavy atom. The third-order valence-electron chi connectivity index (χ3n) is 2.47. The lowest BCUT2D eigenvalue weighted by Crippen LogP contribution is -2.06. The molecule has 0 spiro atoms. The molecule has 0 aromatic heterocycles. The monoisotopic (exact) mass is 234 g/mol. The quantitative estimate of drug-likeness (QED) is 0.605. The van der Waals surface area contributed by atoms with Gasteiger partial charge in [-0.15, -0.1) is 0 Å². The molecule has 1 rings (SSSR count). The Morgan fingerprint density at radius 2 is 2.12 bits per heavy atom. The van der Waals surface area contributed by atoms with Crippen LogP contribution in [-0.2, 0) is 16.0 Å². The van der Waals surface area contributed by atoms with E-state index < -0.39 is 6.10 Å². The van der Waals surface area contributed by atoms with Crippen LogP contribution in [0.15, 0.2) is 42.5 Å². The summed E-state index contributed by atoms with van der Waals surface area (Å²) in [6.45, 7) is 0. The van der Waals surface area contributed by atoms with Crippen LogP contribution in [0, 0.1) is 0 Å². The molecule has 0 aliphatic heterocycles. The number of rotatable bonds is 6. The highest BCUT2D eigenvalue weighted by Crippen LogP contribution is 2.07. The van der Waals surface area contributed by atoms with Crippen LogP contribution in [0.4, 0.5) is 0 Å². The highest BCUT2D eigenvalue weighted by Gasteiger charge is 2.02. The van der Waals surface area contributed by atoms with Crippen molar-refractivity contribution < 1.29 is 14.6 Å². The molecular formula is C14H18O3. The first-order valence-electron chi connectivity index (χ1n) is 5.69. The van der Waals surface area contributed by atoms with Crippen LogP contribution in [0.3, 0.4) is 0 Å². The summed E-state index contributed by atoms with van der Waals surface area (Å²) < 4.78 is 4.45. The molecule has 0 aliphatic carbocycles. The zero-order chi connectivity index (χ0) is 12.5. The van der Waals surface area contributed by atoms with Gasteiger partial charge >= 0.3 is 5.97 Å². The van der Waals surface area contributed by atoms with Crippen LogP contribution in [0.5, 0.6) is 0 Å². The van der Waals surface area contributed by atoms with Crippen molar-refractivity contribution in [2.45, 2.75) is 25.4 Å². The number of aliphatic hydroxyl groups is 1. The number of carbonyl (C=O) groups excluding carboxylic acids is 1. The summed E-state index contributed by atoms with van der Waals surface area (Å²) in [6, 6.07) is 10.0. The molecular weight excluding hydrogens is 216 g/mol. The molecule has 0 bridgehead atoms. The summed E-state index contributed by atoms with van der Waals surface area (Å²) in [5, 5.41) is 9.69. The first kappa shape index (κ1) is 13.5. The molecule has 3 nitrogen and oxygen atoms in total. The van der Waals surface area contributed by atoms with E-state index in [1.807, 2.05) is 30.3 Å². The van der Waals surface area contributed by atoms with Crippen molar-refractivity contribution >= 4 is 5.97 Å². The lowest BCUT2D eigenvalue weighted by Gasteiger charge is -2.07. The maximum Gasteiger partial charge on any atom is 0.330 e. The molecule has 1 N–H and O–H groups in total. The average Bonchev–Trinajstić information content (AvgIpc) is 2.37. The van der Waals surface area contributed by atoms with Crippen LogP contribution in [0.2, 0.25) is 0 Å². The fourth-order valence-electron chi connectivity index (χ4n) is 1.49. The number of carbonyl (C=O) groups is 1. The van der Waals surface area contributed by atoms with Crippen molar-refractivity contribution in [2.75, 3.05) is 7.11 Å². The minimum Gasteiger partial charge on any atom is -0.466 e. The molecule has 0 aliphatic rings. The predicted octanol–water partition coefficient (Wildman–Crippen LogP) is 2.10. The van der Waals surface area contributed by atoms with Crippen molar-refractivity contribution in [3.8, 4) is 0 Å². The number of methoxy groups -OCH3 is 1. The van der Waals surface area contributed by atoms with Crippen molar-refractivity contribution in [2.24, 2.45) is 0 Å². The van der Waals surface area contributed by atoms with Gasteiger partial charge in [-0.05, 0) is 24.8 Å². The third-order valence-corrected chi connectivity index (χ3v) is 2.47. The first-order valence-corrected chi connectivity index (χ1v) is 5.69. The molecule has 0 unspecified atom stereocenters. The molecule has 0 saturated carbocycles. The summed E-state index contributed by atoms with van der Waals surface area (Å²) in [6.07, 6.45) is 4.56. The maximum absolute atomic E-state index is 10.8. The van der Waals surface area contributed by atoms with Crippen molar-refractivity contribution in [1.29, 1.82) is 0 Å². The Balaban J connectivity index is 2.24. The zero-order valence-corrected chi connectivity index (χ0v) is 10.0. The number of hydrogen-bond acceptors (Lipinski definition) is 3. The van der Waals surface area contributed by atoms with Gasteiger partial charge < -0.3 is 9.84 Å². The SMILES string of the molecule is COC(=O)/C=C/C[C@H](O)CCc1ccccc1. The minimum absolute atomic E-state index is 0.389. The molecule has 0 heterocycles. The highest BCUT2D eigenvalue weighted by molar-refractivity contribution is 5.81. The van der Waals surface area contributed by atoms with Gasteiger partial charge in [0.15, 0.2) is 0 Å². The van der Waals surface area contributed by atoms with Crippen molar-refractivity contribution in [3.05, 3.63) is 48.0 Å². The molecule has 1 aromatic rings. The van der Waals surface area contributed by atoms with Crippen LogP contribution in [0.1, 0.15) is 18.4 Å². The Labute approximate surface area is 102 Å². The molecule has 0 fully saturated rings. The normalized spacial score (nSPS) is 12.6. The van der Waals surface area contributed by atoms with Crippen LogP contribution >= 0.6 is 0 Å². The number of aliphatic hydroxyl groups excluding tert-OH is 1.